The van der Waals surface area contributed by atoms with Gasteiger partial charge < -0.3 is 21.1 Å². The molecular formula is C30H38N4O3. The molecule has 0 radical (unpaired) electrons. The van der Waals surface area contributed by atoms with Gasteiger partial charge in [0.15, 0.2) is 0 Å². The molecule has 196 valence electrons. The van der Waals surface area contributed by atoms with Crippen molar-refractivity contribution in [2.45, 2.75) is 53.0 Å². The molecule has 0 aliphatic carbocycles. The van der Waals surface area contributed by atoms with Crippen LogP contribution in [0.4, 0.5) is 21.9 Å². The molecule has 0 aromatic heterocycles. The first-order valence-corrected chi connectivity index (χ1v) is 12.8. The molecule has 0 spiro atoms. The largest absolute Gasteiger partial charge is 0.497 e. The molecule has 37 heavy (non-hydrogen) atoms. The van der Waals surface area contributed by atoms with Crippen molar-refractivity contribution in [3.05, 3.63) is 82.9 Å². The van der Waals surface area contributed by atoms with Gasteiger partial charge in [-0.15, -0.1) is 0 Å². The van der Waals surface area contributed by atoms with Gasteiger partial charge >= 0.3 is 6.03 Å². The number of hydrogen-bond acceptors (Lipinski definition) is 4. The molecule has 3 amide bonds. The Balaban J connectivity index is 1.99. The fraction of sp³-hybridized carbons (Fsp3) is 0.333. The normalized spacial score (nSPS) is 10.8. The summed E-state index contributed by atoms with van der Waals surface area (Å²) in [6.45, 7) is 8.79. The van der Waals surface area contributed by atoms with E-state index in [1.165, 1.54) is 5.56 Å². The van der Waals surface area contributed by atoms with E-state index in [9.17, 15) is 9.59 Å². The summed E-state index contributed by atoms with van der Waals surface area (Å²) in [6.07, 6.45) is 1.42. The lowest BCUT2D eigenvalue weighted by Gasteiger charge is -2.26. The monoisotopic (exact) mass is 502 g/mol. The Hall–Kier alpha value is -4.00. The number of methoxy groups -OCH3 is 1. The number of rotatable bonds is 11. The van der Waals surface area contributed by atoms with Crippen molar-refractivity contribution in [2.24, 2.45) is 5.73 Å². The van der Waals surface area contributed by atoms with E-state index in [4.69, 9.17) is 10.5 Å². The Bertz CT molecular complexity index is 1200. The lowest BCUT2D eigenvalue weighted by molar-refractivity contribution is -0.116. The minimum absolute atomic E-state index is 0.0254. The molecule has 3 rings (SSSR count). The summed E-state index contributed by atoms with van der Waals surface area (Å²) in [5.41, 5.74) is 11.9. The predicted octanol–water partition coefficient (Wildman–Crippen LogP) is 6.08. The number of amides is 3. The van der Waals surface area contributed by atoms with Gasteiger partial charge in [-0.05, 0) is 71.3 Å². The summed E-state index contributed by atoms with van der Waals surface area (Å²) in [7, 11) is 1.63. The quantitative estimate of drug-likeness (QED) is 0.296. The van der Waals surface area contributed by atoms with Crippen LogP contribution in [0.5, 0.6) is 5.75 Å². The van der Waals surface area contributed by atoms with Crippen LogP contribution in [0.25, 0.3) is 0 Å². The van der Waals surface area contributed by atoms with Crippen LogP contribution in [0.3, 0.4) is 0 Å². The average molecular weight is 503 g/mol. The molecule has 0 aliphatic heterocycles. The Morgan fingerprint density at radius 3 is 2.16 bits per heavy atom. The Kier molecular flexibility index (Phi) is 9.55. The molecule has 3 aromatic carbocycles. The smallest absolute Gasteiger partial charge is 0.326 e. The van der Waals surface area contributed by atoms with Gasteiger partial charge in [-0.25, -0.2) is 4.79 Å². The van der Waals surface area contributed by atoms with Gasteiger partial charge in [0.25, 0.3) is 0 Å². The second-order valence-corrected chi connectivity index (χ2v) is 9.26. The summed E-state index contributed by atoms with van der Waals surface area (Å²) < 4.78 is 5.29. The zero-order valence-corrected chi connectivity index (χ0v) is 22.4. The van der Waals surface area contributed by atoms with Crippen LogP contribution >= 0.6 is 0 Å². The Labute approximate surface area is 220 Å². The lowest BCUT2D eigenvalue weighted by Crippen LogP contribution is -2.35. The Morgan fingerprint density at radius 1 is 0.946 bits per heavy atom. The second-order valence-electron chi connectivity index (χ2n) is 9.26. The number of urea groups is 1. The first-order valence-electron chi connectivity index (χ1n) is 12.8. The van der Waals surface area contributed by atoms with Crippen LogP contribution in [0.1, 0.15) is 55.9 Å². The van der Waals surface area contributed by atoms with Crippen LogP contribution in [0.15, 0.2) is 60.7 Å². The minimum Gasteiger partial charge on any atom is -0.497 e. The van der Waals surface area contributed by atoms with Crippen molar-refractivity contribution in [1.82, 2.24) is 0 Å². The zero-order valence-electron chi connectivity index (χ0n) is 22.4. The molecule has 7 heteroatoms. The van der Waals surface area contributed by atoms with E-state index in [-0.39, 0.29) is 12.6 Å². The number of nitrogens with zero attached hydrogens (tertiary/aromatic N) is 1. The average Bonchev–Trinajstić information content (AvgIpc) is 2.90. The van der Waals surface area contributed by atoms with Gasteiger partial charge in [-0.1, -0.05) is 58.0 Å². The van der Waals surface area contributed by atoms with Gasteiger partial charge in [0.1, 0.15) is 5.75 Å². The predicted molar refractivity (Wildman–Crippen MR) is 152 cm³/mol. The summed E-state index contributed by atoms with van der Waals surface area (Å²) in [5.74, 6) is 0.719. The number of hydrogen-bond donors (Lipinski definition) is 3. The fourth-order valence-corrected chi connectivity index (χ4v) is 4.27. The fourth-order valence-electron chi connectivity index (χ4n) is 4.27. The van der Waals surface area contributed by atoms with E-state index < -0.39 is 5.91 Å². The number of aryl methyl sites for hydroxylation is 1. The first kappa shape index (κ1) is 27.6. The third kappa shape index (κ3) is 7.03. The van der Waals surface area contributed by atoms with Crippen molar-refractivity contribution >= 4 is 29.0 Å². The van der Waals surface area contributed by atoms with Crippen molar-refractivity contribution in [3.8, 4) is 5.75 Å². The molecule has 3 aromatic rings. The third-order valence-corrected chi connectivity index (χ3v) is 6.43. The molecule has 0 atom stereocenters. The van der Waals surface area contributed by atoms with Crippen LogP contribution in [-0.4, -0.2) is 25.6 Å². The van der Waals surface area contributed by atoms with Gasteiger partial charge in [0, 0.05) is 11.4 Å². The number of nitrogens with one attached hydrogen (secondary N) is 2. The highest BCUT2D eigenvalue weighted by Gasteiger charge is 2.21. The van der Waals surface area contributed by atoms with Crippen molar-refractivity contribution in [1.29, 1.82) is 0 Å². The summed E-state index contributed by atoms with van der Waals surface area (Å²) in [4.78, 5) is 27.0. The van der Waals surface area contributed by atoms with Gasteiger partial charge in [0.2, 0.25) is 5.91 Å². The molecule has 4 N–H and O–H groups in total. The minimum atomic E-state index is -0.442. The number of nitrogens with two attached hydrogens (primary N) is 1. The van der Waals surface area contributed by atoms with E-state index >= 15 is 0 Å². The molecule has 0 bridgehead atoms. The van der Waals surface area contributed by atoms with Crippen molar-refractivity contribution in [2.75, 3.05) is 29.2 Å². The van der Waals surface area contributed by atoms with Gasteiger partial charge in [-0.2, -0.15) is 0 Å². The van der Waals surface area contributed by atoms with Crippen LogP contribution in [0, 0.1) is 0 Å². The molecule has 0 saturated heterocycles. The van der Waals surface area contributed by atoms with Crippen LogP contribution < -0.4 is 26.0 Å². The maximum Gasteiger partial charge on any atom is 0.326 e. The number of primary amides is 1. The topological polar surface area (TPSA) is 96.7 Å². The number of carbonyl (C=O) groups is 2. The summed E-state index contributed by atoms with van der Waals surface area (Å²) in [5, 5.41) is 6.30. The molecular weight excluding hydrogens is 464 g/mol. The van der Waals surface area contributed by atoms with E-state index in [0.717, 1.165) is 45.9 Å². The second kappa shape index (κ2) is 12.8. The molecule has 0 heterocycles. The third-order valence-electron chi connectivity index (χ3n) is 6.43. The highest BCUT2D eigenvalue weighted by Crippen LogP contribution is 2.31. The number of benzene rings is 3. The van der Waals surface area contributed by atoms with E-state index in [2.05, 4.69) is 43.5 Å². The van der Waals surface area contributed by atoms with Gasteiger partial charge in [0.05, 0.1) is 25.9 Å². The molecule has 0 aliphatic rings. The first-order chi connectivity index (χ1) is 17.8. The highest BCUT2D eigenvalue weighted by molar-refractivity contribution is 6.03. The molecule has 0 fully saturated rings. The highest BCUT2D eigenvalue weighted by atomic mass is 16.5. The zero-order chi connectivity index (χ0) is 26.9. The number of carbonyl (C=O) groups excluding carboxylic acids is 2. The van der Waals surface area contributed by atoms with E-state index in [1.54, 1.807) is 12.0 Å². The number of anilines is 3. The summed E-state index contributed by atoms with van der Waals surface area (Å²) >= 11 is 0. The molecule has 7 nitrogen and oxygen atoms in total. The maximum atomic E-state index is 13.9. The van der Waals surface area contributed by atoms with Crippen LogP contribution in [-0.2, 0) is 24.2 Å². The number of ether oxygens (including phenoxy) is 1. The van der Waals surface area contributed by atoms with Gasteiger partial charge in [-0.3, -0.25) is 9.69 Å². The lowest BCUT2D eigenvalue weighted by atomic mass is 10.0. The van der Waals surface area contributed by atoms with E-state index in [1.807, 2.05) is 55.5 Å². The SMILES string of the molecule is CCc1ccc(NCC(N)=O)c(CC)c1NC(=O)N(Cc1ccc(OC)cc1)c1ccc(C(C)C)cc1. The van der Waals surface area contributed by atoms with Crippen molar-refractivity contribution < 1.29 is 14.3 Å². The molecule has 0 unspecified atom stereocenters. The summed E-state index contributed by atoms with van der Waals surface area (Å²) in [6, 6.07) is 19.5. The van der Waals surface area contributed by atoms with Crippen molar-refractivity contribution in [3.63, 3.8) is 0 Å². The standard InChI is InChI=1S/C30H38N4O3/c1-6-22-12-17-27(32-18-28(31)35)26(7-2)29(22)33-30(36)34(19-21-8-15-25(37-5)16-9-21)24-13-10-23(11-14-24)20(3)4/h8-17,20,32H,6-7,18-19H2,1-5H3,(H2,31,35)(H,33,36). The maximum absolute atomic E-state index is 13.9. The Morgan fingerprint density at radius 2 is 1.62 bits per heavy atom. The van der Waals surface area contributed by atoms with Crippen LogP contribution in [0.2, 0.25) is 0 Å². The van der Waals surface area contributed by atoms with E-state index in [0.29, 0.717) is 18.9 Å². The molecule has 0 saturated carbocycles.